The topological polar surface area (TPSA) is 23.8 Å². The van der Waals surface area contributed by atoms with Gasteiger partial charge >= 0.3 is 0 Å². The van der Waals surface area contributed by atoms with Crippen molar-refractivity contribution in [3.05, 3.63) is 34.3 Å². The van der Waals surface area contributed by atoms with Crippen molar-refractivity contribution in [2.75, 3.05) is 0 Å². The monoisotopic (exact) mass is 249 g/mol. The lowest BCUT2D eigenvalue weighted by Crippen LogP contribution is -2.15. The minimum atomic E-state index is 0.128. The summed E-state index contributed by atoms with van der Waals surface area (Å²) in [5.41, 5.74) is 1.48. The molecule has 72 valence electrons. The molecule has 14 heavy (non-hydrogen) atoms. The molecule has 2 rings (SSSR count). The molecule has 1 aromatic carbocycles. The molecule has 1 nitrogen and oxygen atoms in total. The number of nitrogens with zero attached hydrogens (tertiary/aromatic N) is 1. The second-order valence-electron chi connectivity index (χ2n) is 4.01. The van der Waals surface area contributed by atoms with Crippen LogP contribution in [0, 0.1) is 17.2 Å². The van der Waals surface area contributed by atoms with E-state index in [1.54, 1.807) is 0 Å². The number of nitriles is 1. The highest BCUT2D eigenvalue weighted by Crippen LogP contribution is 2.53. The fraction of sp³-hybridized carbons (Fsp3) is 0.417. The van der Waals surface area contributed by atoms with E-state index in [4.69, 9.17) is 5.26 Å². The standard InChI is InChI=1S/C12H12BrN/c1-9(8-14)12(6-7-12)10-2-4-11(13)5-3-10/h2-5,9H,6-7H2,1H3. The molecular weight excluding hydrogens is 238 g/mol. The van der Waals surface area contributed by atoms with Crippen LogP contribution >= 0.6 is 15.9 Å². The van der Waals surface area contributed by atoms with Gasteiger partial charge in [0.1, 0.15) is 0 Å². The zero-order valence-corrected chi connectivity index (χ0v) is 9.71. The second-order valence-corrected chi connectivity index (χ2v) is 4.93. The van der Waals surface area contributed by atoms with E-state index in [0.717, 1.165) is 17.3 Å². The zero-order chi connectivity index (χ0) is 10.2. The Hall–Kier alpha value is -0.810. The van der Waals surface area contributed by atoms with Crippen molar-refractivity contribution in [3.63, 3.8) is 0 Å². The molecule has 2 heteroatoms. The van der Waals surface area contributed by atoms with E-state index in [1.165, 1.54) is 5.56 Å². The molecule has 1 aromatic rings. The summed E-state index contributed by atoms with van der Waals surface area (Å²) in [7, 11) is 0. The van der Waals surface area contributed by atoms with Crippen molar-refractivity contribution in [2.24, 2.45) is 5.92 Å². The molecule has 0 aliphatic heterocycles. The fourth-order valence-electron chi connectivity index (χ4n) is 2.01. The van der Waals surface area contributed by atoms with Gasteiger partial charge in [0.15, 0.2) is 0 Å². The Balaban J connectivity index is 2.32. The van der Waals surface area contributed by atoms with Gasteiger partial charge in [-0.2, -0.15) is 5.26 Å². The molecular formula is C12H12BrN. The molecule has 0 aromatic heterocycles. The maximum Gasteiger partial charge on any atom is 0.0662 e. The predicted molar refractivity (Wildman–Crippen MR) is 59.8 cm³/mol. The third kappa shape index (κ3) is 1.46. The molecule has 0 N–H and O–H groups in total. The van der Waals surface area contributed by atoms with Crippen LogP contribution in [-0.2, 0) is 5.41 Å². The maximum atomic E-state index is 8.97. The van der Waals surface area contributed by atoms with Gasteiger partial charge in [-0.25, -0.2) is 0 Å². The van der Waals surface area contributed by atoms with Gasteiger partial charge in [-0.1, -0.05) is 28.1 Å². The molecule has 0 bridgehead atoms. The summed E-state index contributed by atoms with van der Waals surface area (Å²) in [4.78, 5) is 0. The lowest BCUT2D eigenvalue weighted by Gasteiger charge is -2.17. The van der Waals surface area contributed by atoms with Crippen molar-refractivity contribution in [3.8, 4) is 6.07 Å². The number of halogens is 1. The summed E-state index contributed by atoms with van der Waals surface area (Å²) in [5, 5.41) is 8.97. The Morgan fingerprint density at radius 3 is 2.36 bits per heavy atom. The van der Waals surface area contributed by atoms with Crippen LogP contribution in [0.1, 0.15) is 25.3 Å². The minimum Gasteiger partial charge on any atom is -0.198 e. The van der Waals surface area contributed by atoms with Gasteiger partial charge in [0.25, 0.3) is 0 Å². The Morgan fingerprint density at radius 1 is 1.36 bits per heavy atom. The molecule has 1 saturated carbocycles. The van der Waals surface area contributed by atoms with Crippen molar-refractivity contribution in [1.29, 1.82) is 5.26 Å². The summed E-state index contributed by atoms with van der Waals surface area (Å²) in [6.45, 7) is 2.02. The van der Waals surface area contributed by atoms with E-state index in [1.807, 2.05) is 6.92 Å². The lowest BCUT2D eigenvalue weighted by atomic mass is 9.85. The second kappa shape index (κ2) is 3.40. The molecule has 1 aliphatic carbocycles. The van der Waals surface area contributed by atoms with Crippen LogP contribution in [-0.4, -0.2) is 0 Å². The van der Waals surface area contributed by atoms with E-state index in [-0.39, 0.29) is 11.3 Å². The third-order valence-electron chi connectivity index (χ3n) is 3.23. The highest BCUT2D eigenvalue weighted by molar-refractivity contribution is 9.10. The average Bonchev–Trinajstić information content (AvgIpc) is 2.99. The van der Waals surface area contributed by atoms with Gasteiger partial charge < -0.3 is 0 Å². The Labute approximate surface area is 92.9 Å². The van der Waals surface area contributed by atoms with Gasteiger partial charge in [0.2, 0.25) is 0 Å². The molecule has 1 aliphatic rings. The summed E-state index contributed by atoms with van der Waals surface area (Å²) in [5.74, 6) is 0.128. The Morgan fingerprint density at radius 2 is 1.93 bits per heavy atom. The van der Waals surface area contributed by atoms with Crippen LogP contribution in [0.4, 0.5) is 0 Å². The van der Waals surface area contributed by atoms with Crippen LogP contribution in [0.15, 0.2) is 28.7 Å². The first-order chi connectivity index (χ1) is 6.69. The average molecular weight is 250 g/mol. The maximum absolute atomic E-state index is 8.97. The van der Waals surface area contributed by atoms with Crippen molar-refractivity contribution < 1.29 is 0 Å². The molecule has 0 spiro atoms. The van der Waals surface area contributed by atoms with Crippen LogP contribution < -0.4 is 0 Å². The van der Waals surface area contributed by atoms with Gasteiger partial charge in [0, 0.05) is 9.89 Å². The van der Waals surface area contributed by atoms with Crippen molar-refractivity contribution >= 4 is 15.9 Å². The quantitative estimate of drug-likeness (QED) is 0.786. The van der Waals surface area contributed by atoms with Gasteiger partial charge in [-0.15, -0.1) is 0 Å². The molecule has 1 atom stereocenters. The van der Waals surface area contributed by atoms with Gasteiger partial charge in [-0.3, -0.25) is 0 Å². The number of rotatable bonds is 2. The smallest absolute Gasteiger partial charge is 0.0662 e. The van der Waals surface area contributed by atoms with E-state index < -0.39 is 0 Å². The molecule has 0 radical (unpaired) electrons. The van der Waals surface area contributed by atoms with Crippen LogP contribution in [0.5, 0.6) is 0 Å². The first-order valence-electron chi connectivity index (χ1n) is 4.85. The van der Waals surface area contributed by atoms with E-state index in [0.29, 0.717) is 0 Å². The molecule has 0 amide bonds. The molecule has 1 unspecified atom stereocenters. The number of hydrogen-bond acceptors (Lipinski definition) is 1. The SMILES string of the molecule is CC(C#N)C1(c2ccc(Br)cc2)CC1. The summed E-state index contributed by atoms with van der Waals surface area (Å²) in [6, 6.07) is 10.7. The summed E-state index contributed by atoms with van der Waals surface area (Å²) < 4.78 is 1.10. The van der Waals surface area contributed by atoms with E-state index >= 15 is 0 Å². The molecule has 1 fully saturated rings. The van der Waals surface area contributed by atoms with E-state index in [2.05, 4.69) is 46.3 Å². The third-order valence-corrected chi connectivity index (χ3v) is 3.76. The Bertz CT molecular complexity index is 370. The molecule has 0 heterocycles. The largest absolute Gasteiger partial charge is 0.198 e. The van der Waals surface area contributed by atoms with Crippen LogP contribution in [0.2, 0.25) is 0 Å². The lowest BCUT2D eigenvalue weighted by molar-refractivity contribution is 0.543. The van der Waals surface area contributed by atoms with Crippen LogP contribution in [0.25, 0.3) is 0 Å². The van der Waals surface area contributed by atoms with E-state index in [9.17, 15) is 0 Å². The highest BCUT2D eigenvalue weighted by Gasteiger charge is 2.48. The first kappa shape index (κ1) is 9.73. The Kier molecular flexibility index (Phi) is 2.36. The zero-order valence-electron chi connectivity index (χ0n) is 8.13. The van der Waals surface area contributed by atoms with Gasteiger partial charge in [0.05, 0.1) is 12.0 Å². The van der Waals surface area contributed by atoms with Crippen molar-refractivity contribution in [1.82, 2.24) is 0 Å². The number of hydrogen-bond donors (Lipinski definition) is 0. The molecule has 0 saturated heterocycles. The summed E-state index contributed by atoms with van der Waals surface area (Å²) >= 11 is 3.42. The number of benzene rings is 1. The van der Waals surface area contributed by atoms with Gasteiger partial charge in [-0.05, 0) is 37.5 Å². The van der Waals surface area contributed by atoms with Crippen molar-refractivity contribution in [2.45, 2.75) is 25.2 Å². The van der Waals surface area contributed by atoms with Crippen LogP contribution in [0.3, 0.4) is 0 Å². The highest BCUT2D eigenvalue weighted by atomic mass is 79.9. The summed E-state index contributed by atoms with van der Waals surface area (Å²) in [6.07, 6.45) is 2.31. The predicted octanol–water partition coefficient (Wildman–Crippen LogP) is 3.64. The fourth-order valence-corrected chi connectivity index (χ4v) is 2.28. The first-order valence-corrected chi connectivity index (χ1v) is 5.64. The minimum absolute atomic E-state index is 0.128. The normalized spacial score (nSPS) is 19.8.